The van der Waals surface area contributed by atoms with E-state index in [0.717, 1.165) is 31.7 Å². The highest BCUT2D eigenvalue weighted by molar-refractivity contribution is 7.99. The van der Waals surface area contributed by atoms with Crippen LogP contribution < -0.4 is 0 Å². The third-order valence-electron chi connectivity index (χ3n) is 4.08. The first-order valence-electron chi connectivity index (χ1n) is 8.86. The summed E-state index contributed by atoms with van der Waals surface area (Å²) in [6, 6.07) is -0.221. The summed E-state index contributed by atoms with van der Waals surface area (Å²) >= 11 is 1.69. The van der Waals surface area contributed by atoms with Crippen LogP contribution in [0.5, 0.6) is 0 Å². The molecular weight excluding hydrogens is 328 g/mol. The normalized spacial score (nSPS) is 17.6. The Kier molecular flexibility index (Phi) is 9.83. The molecular formula is C17H30N2O4S. The van der Waals surface area contributed by atoms with Gasteiger partial charge in [0.25, 0.3) is 0 Å². The molecule has 0 aliphatic carbocycles. The number of hydrogen-bond donors (Lipinski definition) is 1. The zero-order chi connectivity index (χ0) is 17.9. The van der Waals surface area contributed by atoms with Crippen LogP contribution in [0.25, 0.3) is 0 Å². The monoisotopic (exact) mass is 358 g/mol. The molecule has 1 N–H and O–H groups in total. The largest absolute Gasteiger partial charge is 0.481 e. The van der Waals surface area contributed by atoms with Gasteiger partial charge < -0.3 is 14.9 Å². The van der Waals surface area contributed by atoms with Gasteiger partial charge in [0.15, 0.2) is 0 Å². The summed E-state index contributed by atoms with van der Waals surface area (Å²) in [5.74, 6) is 0.749. The van der Waals surface area contributed by atoms with Gasteiger partial charge in [-0.3, -0.25) is 14.4 Å². The summed E-state index contributed by atoms with van der Waals surface area (Å²) in [6.07, 6.45) is 3.11. The van der Waals surface area contributed by atoms with Crippen LogP contribution in [0.1, 0.15) is 52.4 Å². The van der Waals surface area contributed by atoms with Crippen molar-refractivity contribution in [3.8, 4) is 0 Å². The fourth-order valence-corrected chi connectivity index (χ4v) is 4.01. The standard InChI is InChI=1S/C17H30N2O4S/c1-3-8-18(9-4-2)15(20)6-5-7-16(21)19-10-11-24-13-14(19)12-17(22)23/h14H,3-13H2,1-2H3,(H,22,23). The Bertz CT molecular complexity index is 425. The lowest BCUT2D eigenvalue weighted by molar-refractivity contribution is -0.140. The Morgan fingerprint density at radius 1 is 1.17 bits per heavy atom. The van der Waals surface area contributed by atoms with Gasteiger partial charge in [0.05, 0.1) is 12.5 Å². The molecule has 0 aromatic heterocycles. The second kappa shape index (κ2) is 11.3. The molecule has 1 unspecified atom stereocenters. The van der Waals surface area contributed by atoms with Gasteiger partial charge in [-0.25, -0.2) is 0 Å². The SMILES string of the molecule is CCCN(CCC)C(=O)CCCC(=O)N1CCSCC1CC(=O)O. The Hall–Kier alpha value is -1.24. The molecule has 1 saturated heterocycles. The summed E-state index contributed by atoms with van der Waals surface area (Å²) in [5.41, 5.74) is 0. The molecule has 0 aromatic rings. The lowest BCUT2D eigenvalue weighted by Gasteiger charge is -2.34. The van der Waals surface area contributed by atoms with Gasteiger partial charge in [-0.1, -0.05) is 13.8 Å². The van der Waals surface area contributed by atoms with E-state index in [0.29, 0.717) is 31.6 Å². The Morgan fingerprint density at radius 2 is 1.83 bits per heavy atom. The van der Waals surface area contributed by atoms with Crippen molar-refractivity contribution in [2.75, 3.05) is 31.1 Å². The van der Waals surface area contributed by atoms with E-state index in [1.807, 2.05) is 4.90 Å². The summed E-state index contributed by atoms with van der Waals surface area (Å²) in [4.78, 5) is 39.1. The predicted molar refractivity (Wildman–Crippen MR) is 96.1 cm³/mol. The van der Waals surface area contributed by atoms with Crippen LogP contribution in [0.15, 0.2) is 0 Å². The molecule has 1 rings (SSSR count). The molecule has 1 aliphatic heterocycles. The molecule has 1 heterocycles. The predicted octanol–water partition coefficient (Wildman–Crippen LogP) is 2.22. The van der Waals surface area contributed by atoms with E-state index in [1.54, 1.807) is 16.7 Å². The first-order valence-corrected chi connectivity index (χ1v) is 10.0. The lowest BCUT2D eigenvalue weighted by Crippen LogP contribution is -2.47. The van der Waals surface area contributed by atoms with Crippen molar-refractivity contribution in [1.29, 1.82) is 0 Å². The molecule has 7 heteroatoms. The fraction of sp³-hybridized carbons (Fsp3) is 0.824. The number of rotatable bonds is 10. The molecule has 0 aromatic carbocycles. The van der Waals surface area contributed by atoms with Gasteiger partial charge in [0.1, 0.15) is 0 Å². The minimum absolute atomic E-state index is 0.00154. The molecule has 0 spiro atoms. The fourth-order valence-electron chi connectivity index (χ4n) is 2.95. The molecule has 0 radical (unpaired) electrons. The van der Waals surface area contributed by atoms with Crippen LogP contribution in [0.3, 0.4) is 0 Å². The third-order valence-corrected chi connectivity index (χ3v) is 5.17. The zero-order valence-electron chi connectivity index (χ0n) is 14.8. The number of carbonyl (C=O) groups excluding carboxylic acids is 2. The van der Waals surface area contributed by atoms with Crippen molar-refractivity contribution >= 4 is 29.5 Å². The van der Waals surface area contributed by atoms with Crippen LogP contribution in [-0.2, 0) is 14.4 Å². The Labute approximate surface area is 148 Å². The molecule has 24 heavy (non-hydrogen) atoms. The van der Waals surface area contributed by atoms with Crippen LogP contribution >= 0.6 is 11.8 Å². The molecule has 1 aliphatic rings. The van der Waals surface area contributed by atoms with E-state index >= 15 is 0 Å². The van der Waals surface area contributed by atoms with E-state index in [2.05, 4.69) is 13.8 Å². The summed E-state index contributed by atoms with van der Waals surface area (Å²) in [7, 11) is 0. The number of aliphatic carboxylic acids is 1. The minimum atomic E-state index is -0.870. The van der Waals surface area contributed by atoms with Crippen LogP contribution in [0.2, 0.25) is 0 Å². The summed E-state index contributed by atoms with van der Waals surface area (Å²) < 4.78 is 0. The van der Waals surface area contributed by atoms with Crippen LogP contribution in [0.4, 0.5) is 0 Å². The number of amides is 2. The third kappa shape index (κ3) is 7.11. The van der Waals surface area contributed by atoms with Gasteiger partial charge >= 0.3 is 5.97 Å². The topological polar surface area (TPSA) is 77.9 Å². The van der Waals surface area contributed by atoms with Gasteiger partial charge in [0, 0.05) is 44.0 Å². The Balaban J connectivity index is 2.43. The van der Waals surface area contributed by atoms with Gasteiger partial charge in [-0.05, 0) is 19.3 Å². The number of carboxylic acid groups (broad SMARTS) is 1. The van der Waals surface area contributed by atoms with Gasteiger partial charge in [0.2, 0.25) is 11.8 Å². The first-order chi connectivity index (χ1) is 11.5. The van der Waals surface area contributed by atoms with Crippen molar-refractivity contribution in [3.05, 3.63) is 0 Å². The van der Waals surface area contributed by atoms with Gasteiger partial charge in [-0.15, -0.1) is 0 Å². The number of nitrogens with zero attached hydrogens (tertiary/aromatic N) is 2. The zero-order valence-corrected chi connectivity index (χ0v) is 15.6. The molecule has 1 fully saturated rings. The molecule has 0 bridgehead atoms. The maximum absolute atomic E-state index is 12.4. The number of carbonyl (C=O) groups is 3. The number of thioether (sulfide) groups is 1. The number of hydrogen-bond acceptors (Lipinski definition) is 4. The van der Waals surface area contributed by atoms with Crippen molar-refractivity contribution in [2.24, 2.45) is 0 Å². The van der Waals surface area contributed by atoms with E-state index in [9.17, 15) is 14.4 Å². The van der Waals surface area contributed by atoms with E-state index < -0.39 is 5.97 Å². The minimum Gasteiger partial charge on any atom is -0.481 e. The highest BCUT2D eigenvalue weighted by Crippen LogP contribution is 2.20. The average Bonchev–Trinajstić information content (AvgIpc) is 2.54. The molecule has 1 atom stereocenters. The Morgan fingerprint density at radius 3 is 2.42 bits per heavy atom. The summed E-state index contributed by atoms with van der Waals surface area (Å²) in [6.45, 7) is 6.25. The van der Waals surface area contributed by atoms with Crippen LogP contribution in [0, 0.1) is 0 Å². The molecule has 6 nitrogen and oxygen atoms in total. The summed E-state index contributed by atoms with van der Waals surface area (Å²) in [5, 5.41) is 8.98. The second-order valence-electron chi connectivity index (χ2n) is 6.15. The van der Waals surface area contributed by atoms with E-state index in [-0.39, 0.29) is 24.3 Å². The van der Waals surface area contributed by atoms with Crippen molar-refractivity contribution in [1.82, 2.24) is 9.80 Å². The van der Waals surface area contributed by atoms with Crippen molar-refractivity contribution < 1.29 is 19.5 Å². The van der Waals surface area contributed by atoms with E-state index in [4.69, 9.17) is 5.11 Å². The first kappa shape index (κ1) is 20.8. The quantitative estimate of drug-likeness (QED) is 0.648. The molecule has 2 amide bonds. The van der Waals surface area contributed by atoms with Crippen LogP contribution in [-0.4, -0.2) is 69.9 Å². The van der Waals surface area contributed by atoms with Crippen molar-refractivity contribution in [3.63, 3.8) is 0 Å². The average molecular weight is 359 g/mol. The molecule has 138 valence electrons. The highest BCUT2D eigenvalue weighted by atomic mass is 32.2. The van der Waals surface area contributed by atoms with E-state index in [1.165, 1.54) is 0 Å². The maximum atomic E-state index is 12.4. The highest BCUT2D eigenvalue weighted by Gasteiger charge is 2.28. The van der Waals surface area contributed by atoms with Crippen molar-refractivity contribution in [2.45, 2.75) is 58.4 Å². The number of carboxylic acids is 1. The van der Waals surface area contributed by atoms with Gasteiger partial charge in [-0.2, -0.15) is 11.8 Å². The molecule has 0 saturated carbocycles. The lowest BCUT2D eigenvalue weighted by atomic mass is 10.1. The smallest absolute Gasteiger partial charge is 0.305 e. The maximum Gasteiger partial charge on any atom is 0.305 e. The second-order valence-corrected chi connectivity index (χ2v) is 7.30.